The molecule has 2 fully saturated rings. The van der Waals surface area contributed by atoms with E-state index < -0.39 is 7.82 Å². The van der Waals surface area contributed by atoms with Crippen molar-refractivity contribution in [1.29, 1.82) is 0 Å². The molecule has 2 atom stereocenters. The highest BCUT2D eigenvalue weighted by atomic mass is 31.2. The predicted molar refractivity (Wildman–Crippen MR) is 66.1 cm³/mol. The number of benzene rings is 1. The van der Waals surface area contributed by atoms with Crippen molar-refractivity contribution in [3.63, 3.8) is 0 Å². The average Bonchev–Trinajstić information content (AvgIpc) is 3.29. The van der Waals surface area contributed by atoms with E-state index in [0.717, 1.165) is 0 Å². The first kappa shape index (κ1) is 13.1. The number of hydrogen-bond acceptors (Lipinski definition) is 6. The SMILES string of the molecule is O=P(OCC1CO1)(OCC1CO1)Oc1ccccc1. The van der Waals surface area contributed by atoms with E-state index in [-0.39, 0.29) is 25.4 Å². The summed E-state index contributed by atoms with van der Waals surface area (Å²) >= 11 is 0. The van der Waals surface area contributed by atoms with E-state index in [9.17, 15) is 4.57 Å². The molecule has 2 aliphatic rings. The van der Waals surface area contributed by atoms with Crippen molar-refractivity contribution >= 4 is 7.82 Å². The fraction of sp³-hybridized carbons (Fsp3) is 0.500. The summed E-state index contributed by atoms with van der Waals surface area (Å²) in [6.07, 6.45) is -0.0121. The zero-order valence-corrected chi connectivity index (χ0v) is 11.2. The first-order valence-electron chi connectivity index (χ1n) is 6.10. The summed E-state index contributed by atoms with van der Waals surface area (Å²) in [5, 5.41) is 0. The van der Waals surface area contributed by atoms with Crippen LogP contribution in [-0.4, -0.2) is 38.6 Å². The first-order valence-corrected chi connectivity index (χ1v) is 7.56. The number of phosphoric ester groups is 1. The van der Waals surface area contributed by atoms with Gasteiger partial charge in [-0.1, -0.05) is 18.2 Å². The minimum atomic E-state index is -3.63. The van der Waals surface area contributed by atoms with Crippen LogP contribution in [0.3, 0.4) is 0 Å². The molecule has 2 unspecified atom stereocenters. The number of hydrogen-bond donors (Lipinski definition) is 0. The predicted octanol–water partition coefficient (Wildman–Crippen LogP) is 2.00. The summed E-state index contributed by atoms with van der Waals surface area (Å²) in [5.74, 6) is 0.444. The average molecular weight is 286 g/mol. The van der Waals surface area contributed by atoms with Gasteiger partial charge in [-0.25, -0.2) is 4.57 Å². The van der Waals surface area contributed by atoms with Crippen molar-refractivity contribution in [2.75, 3.05) is 26.4 Å². The molecule has 2 heterocycles. The van der Waals surface area contributed by atoms with Gasteiger partial charge in [-0.15, -0.1) is 0 Å². The lowest BCUT2D eigenvalue weighted by Crippen LogP contribution is -2.09. The highest BCUT2D eigenvalue weighted by molar-refractivity contribution is 7.48. The highest BCUT2D eigenvalue weighted by Gasteiger charge is 2.36. The molecule has 1 aromatic carbocycles. The third kappa shape index (κ3) is 4.30. The van der Waals surface area contributed by atoms with E-state index >= 15 is 0 Å². The molecule has 0 bridgehead atoms. The summed E-state index contributed by atoms with van der Waals surface area (Å²) in [6.45, 7) is 1.65. The van der Waals surface area contributed by atoms with Crippen LogP contribution in [-0.2, 0) is 23.1 Å². The molecule has 0 aromatic heterocycles. The summed E-state index contributed by atoms with van der Waals surface area (Å²) in [7, 11) is -3.63. The lowest BCUT2D eigenvalue weighted by molar-refractivity contribution is 0.137. The van der Waals surface area contributed by atoms with E-state index in [1.165, 1.54) is 0 Å². The van der Waals surface area contributed by atoms with Crippen molar-refractivity contribution in [2.24, 2.45) is 0 Å². The van der Waals surface area contributed by atoms with Gasteiger partial charge >= 0.3 is 7.82 Å². The van der Waals surface area contributed by atoms with E-state index in [1.54, 1.807) is 24.3 Å². The fourth-order valence-corrected chi connectivity index (χ4v) is 2.64. The summed E-state index contributed by atoms with van der Waals surface area (Å²) < 4.78 is 38.4. The van der Waals surface area contributed by atoms with Crippen LogP contribution in [0, 0.1) is 0 Å². The van der Waals surface area contributed by atoms with Gasteiger partial charge in [0, 0.05) is 0 Å². The molecule has 1 aromatic rings. The van der Waals surface area contributed by atoms with Crippen molar-refractivity contribution in [3.8, 4) is 5.75 Å². The molecule has 0 spiro atoms. The molecule has 0 saturated carbocycles. The van der Waals surface area contributed by atoms with Crippen LogP contribution in [0.5, 0.6) is 5.75 Å². The maximum atomic E-state index is 12.5. The van der Waals surface area contributed by atoms with Gasteiger partial charge in [0.2, 0.25) is 0 Å². The number of para-hydroxylation sites is 1. The van der Waals surface area contributed by atoms with Gasteiger partial charge in [-0.2, -0.15) is 0 Å². The van der Waals surface area contributed by atoms with Crippen molar-refractivity contribution in [3.05, 3.63) is 30.3 Å². The van der Waals surface area contributed by atoms with Crippen LogP contribution >= 0.6 is 7.82 Å². The minimum absolute atomic E-state index is 0.00604. The lowest BCUT2D eigenvalue weighted by atomic mass is 10.3. The summed E-state index contributed by atoms with van der Waals surface area (Å²) in [4.78, 5) is 0. The molecule has 19 heavy (non-hydrogen) atoms. The smallest absolute Gasteiger partial charge is 0.404 e. The van der Waals surface area contributed by atoms with E-state index in [2.05, 4.69) is 0 Å². The van der Waals surface area contributed by atoms with Gasteiger partial charge in [-0.3, -0.25) is 9.05 Å². The third-order valence-electron chi connectivity index (χ3n) is 2.60. The fourth-order valence-electron chi connectivity index (χ4n) is 1.38. The molecule has 2 saturated heterocycles. The largest absolute Gasteiger partial charge is 0.530 e. The van der Waals surface area contributed by atoms with Crippen molar-refractivity contribution in [2.45, 2.75) is 12.2 Å². The molecule has 0 radical (unpaired) electrons. The first-order chi connectivity index (χ1) is 9.23. The normalized spacial score (nSPS) is 27.6. The van der Waals surface area contributed by atoms with Crippen LogP contribution < -0.4 is 4.52 Å². The van der Waals surface area contributed by atoms with Crippen molar-refractivity contribution < 1.29 is 27.6 Å². The van der Waals surface area contributed by atoms with Crippen LogP contribution in [0.15, 0.2) is 30.3 Å². The molecule has 104 valence electrons. The molecule has 7 heteroatoms. The van der Waals surface area contributed by atoms with Gasteiger partial charge in [-0.05, 0) is 12.1 Å². The molecule has 0 aliphatic carbocycles. The molecule has 3 rings (SSSR count). The van der Waals surface area contributed by atoms with Crippen molar-refractivity contribution in [1.82, 2.24) is 0 Å². The second-order valence-electron chi connectivity index (χ2n) is 4.35. The number of phosphoric acid groups is 1. The maximum Gasteiger partial charge on any atom is 0.530 e. The Morgan fingerprint density at radius 3 is 2.05 bits per heavy atom. The van der Waals surface area contributed by atoms with Gasteiger partial charge in [0.05, 0.1) is 26.4 Å². The molecular formula is C12H15O6P. The van der Waals surface area contributed by atoms with Gasteiger partial charge in [0.1, 0.15) is 18.0 Å². The molecule has 2 aliphatic heterocycles. The zero-order chi connectivity index (χ0) is 13.1. The Balaban J connectivity index is 1.60. The van der Waals surface area contributed by atoms with Gasteiger partial charge in [0.15, 0.2) is 0 Å². The van der Waals surface area contributed by atoms with Crippen LogP contribution in [0.25, 0.3) is 0 Å². The topological polar surface area (TPSA) is 69.8 Å². The monoisotopic (exact) mass is 286 g/mol. The second-order valence-corrected chi connectivity index (χ2v) is 5.95. The highest BCUT2D eigenvalue weighted by Crippen LogP contribution is 2.50. The van der Waals surface area contributed by atoms with E-state index in [1.807, 2.05) is 6.07 Å². The standard InChI is InChI=1S/C12H15O6P/c13-19(16-8-11-6-14-11,17-9-12-7-15-12)18-10-4-2-1-3-5-10/h1-5,11-12H,6-9H2. The minimum Gasteiger partial charge on any atom is -0.404 e. The van der Waals surface area contributed by atoms with Crippen LogP contribution in [0.4, 0.5) is 0 Å². The van der Waals surface area contributed by atoms with Crippen LogP contribution in [0.2, 0.25) is 0 Å². The lowest BCUT2D eigenvalue weighted by Gasteiger charge is -2.17. The Hall–Kier alpha value is -0.910. The number of epoxide rings is 2. The molecular weight excluding hydrogens is 271 g/mol. The van der Waals surface area contributed by atoms with E-state index in [0.29, 0.717) is 19.0 Å². The quantitative estimate of drug-likeness (QED) is 0.538. The Bertz CT molecular complexity index is 437. The summed E-state index contributed by atoms with van der Waals surface area (Å²) in [6, 6.07) is 8.80. The van der Waals surface area contributed by atoms with E-state index in [4.69, 9.17) is 23.0 Å². The summed E-state index contributed by atoms with van der Waals surface area (Å²) in [5.41, 5.74) is 0. The molecule has 6 nitrogen and oxygen atoms in total. The zero-order valence-electron chi connectivity index (χ0n) is 10.3. The molecule has 0 amide bonds. The number of ether oxygens (including phenoxy) is 2. The Morgan fingerprint density at radius 1 is 1.05 bits per heavy atom. The Kier molecular flexibility index (Phi) is 3.86. The third-order valence-corrected chi connectivity index (χ3v) is 3.97. The maximum absolute atomic E-state index is 12.5. The second kappa shape index (κ2) is 5.61. The Morgan fingerprint density at radius 2 is 1.58 bits per heavy atom. The number of rotatable bonds is 8. The van der Waals surface area contributed by atoms with Gasteiger partial charge < -0.3 is 14.0 Å². The molecule has 0 N–H and O–H groups in total. The Labute approximate surface area is 111 Å². The van der Waals surface area contributed by atoms with Crippen LogP contribution in [0.1, 0.15) is 0 Å². The van der Waals surface area contributed by atoms with Gasteiger partial charge in [0.25, 0.3) is 0 Å².